The third kappa shape index (κ3) is 8.28. The fourth-order valence-corrected chi connectivity index (χ4v) is 17.5. The van der Waals surface area contributed by atoms with Crippen molar-refractivity contribution < 1.29 is 128 Å². The zero-order valence-electron chi connectivity index (χ0n) is 48.8. The molecule has 83 heavy (non-hydrogen) atoms. The monoisotopic (exact) mass is 1230 g/mol. The van der Waals surface area contributed by atoms with Crippen LogP contribution in [-0.2, 0) is 96.4 Å². The number of rotatable bonds is 10. The van der Waals surface area contributed by atoms with Crippen molar-refractivity contribution in [3.63, 3.8) is 0 Å². The molecule has 29 nitrogen and oxygen atoms in total. The van der Waals surface area contributed by atoms with Crippen molar-refractivity contribution >= 4 is 56.1 Å². The second kappa shape index (κ2) is 20.1. The van der Waals surface area contributed by atoms with Crippen LogP contribution in [0.15, 0.2) is 0 Å². The summed E-state index contributed by atoms with van der Waals surface area (Å²) in [6.45, 7) is 16.7. The Morgan fingerprint density at radius 3 is 1.13 bits per heavy atom. The molecule has 22 atom stereocenters. The lowest BCUT2D eigenvalue weighted by molar-refractivity contribution is -0.239. The minimum Gasteiger partial charge on any atom is -0.459 e. The van der Waals surface area contributed by atoms with Gasteiger partial charge in [-0.2, -0.15) is 16.8 Å². The number of hydrogen-bond donors (Lipinski definition) is 6. The molecular formula is C52H80N2O27S2. The van der Waals surface area contributed by atoms with E-state index in [1.165, 1.54) is 13.8 Å². The van der Waals surface area contributed by atoms with Crippen LogP contribution in [0.4, 0.5) is 0 Å². The Labute approximate surface area is 480 Å². The van der Waals surface area contributed by atoms with Gasteiger partial charge in [-0.25, -0.2) is 19.2 Å². The predicted molar refractivity (Wildman–Crippen MR) is 276 cm³/mol. The Hall–Kier alpha value is -3.80. The van der Waals surface area contributed by atoms with E-state index in [9.17, 15) is 66.0 Å². The molecule has 0 aromatic rings. The van der Waals surface area contributed by atoms with Gasteiger partial charge in [-0.1, -0.05) is 41.5 Å². The van der Waals surface area contributed by atoms with Crippen molar-refractivity contribution in [3.8, 4) is 0 Å². The van der Waals surface area contributed by atoms with Crippen molar-refractivity contribution in [3.05, 3.63) is 0 Å². The molecule has 0 bridgehead atoms. The number of carbonyl (C=O) groups is 6. The van der Waals surface area contributed by atoms with Crippen LogP contribution in [0.1, 0.15) is 81.1 Å². The lowest BCUT2D eigenvalue weighted by Crippen LogP contribution is -2.67. The largest absolute Gasteiger partial charge is 0.459 e. The van der Waals surface area contributed by atoms with E-state index in [0.717, 1.165) is 0 Å². The predicted octanol–water partition coefficient (Wildman–Crippen LogP) is -2.60. The van der Waals surface area contributed by atoms with Crippen LogP contribution in [0.25, 0.3) is 0 Å². The Balaban J connectivity index is 0.000000185. The molecule has 12 aliphatic rings. The van der Waals surface area contributed by atoms with E-state index in [-0.39, 0.29) is 41.4 Å². The van der Waals surface area contributed by atoms with Gasteiger partial charge in [0, 0.05) is 13.1 Å². The molecule has 8 aliphatic heterocycles. The summed E-state index contributed by atoms with van der Waals surface area (Å²) in [4.78, 5) is 83.2. The third-order valence-corrected chi connectivity index (χ3v) is 19.5. The Morgan fingerprint density at radius 2 is 0.855 bits per heavy atom. The first kappa shape index (κ1) is 65.2. The van der Waals surface area contributed by atoms with Gasteiger partial charge in [-0.15, -0.1) is 0 Å². The number of aliphatic hydroxyl groups is 4. The number of hydrogen-bond acceptors (Lipinski definition) is 26. The summed E-state index contributed by atoms with van der Waals surface area (Å²) in [7, 11) is 0.184. The second-order valence-electron chi connectivity index (χ2n) is 27.2. The highest BCUT2D eigenvalue weighted by Crippen LogP contribution is 2.86. The summed E-state index contributed by atoms with van der Waals surface area (Å²) in [5.41, 5.74) is -15.0. The van der Waals surface area contributed by atoms with Crippen LogP contribution >= 0.6 is 0 Å². The van der Waals surface area contributed by atoms with Crippen LogP contribution in [0.2, 0.25) is 0 Å². The molecule has 10 unspecified atom stereocenters. The van der Waals surface area contributed by atoms with E-state index < -0.39 is 173 Å². The van der Waals surface area contributed by atoms with Gasteiger partial charge in [0.1, 0.15) is 24.4 Å². The smallest absolute Gasteiger partial charge is 0.343 e. The van der Waals surface area contributed by atoms with Gasteiger partial charge in [0.25, 0.3) is 20.2 Å². The van der Waals surface area contributed by atoms with Crippen LogP contribution in [0, 0.1) is 56.2 Å². The molecule has 31 heteroatoms. The summed E-state index contributed by atoms with van der Waals surface area (Å²) in [5.74, 6) is -7.48. The maximum absolute atomic E-state index is 13.7. The molecule has 0 radical (unpaired) electrons. The first-order valence-electron chi connectivity index (χ1n) is 27.2. The summed E-state index contributed by atoms with van der Waals surface area (Å²) in [5, 5.41) is 48.3. The maximum atomic E-state index is 13.7. The molecule has 4 saturated carbocycles. The molecule has 4 spiro atoms. The Morgan fingerprint density at radius 1 is 0.554 bits per heavy atom. The molecule has 0 aromatic heterocycles. The number of ether oxygens (including phenoxy) is 10. The SMILES string of the molecule is CS(=O)(=O)O.CS(=O)(=O)O.C[C@H]1C(=O)OC2[C@@H](O)[C@]34C5C[C@H](CC(C)(C)C)C36C(OC(=O)[C@@H]6OCCN(C)C)OC4(C(=O)O5)[C@@]21O.C[C@H]1C(=O)OC2[C@@H](O)[C@]34C5C[C@H](CC(C)(C)C)C36C(OC(=O)[C@@H]6OCCN(C)C)OC4(C(=O)O5)[C@@]21O.O. The van der Waals surface area contributed by atoms with Gasteiger partial charge < -0.3 is 83.1 Å². The molecule has 8 saturated heterocycles. The fourth-order valence-electron chi connectivity index (χ4n) is 17.5. The topological polar surface area (TPSA) is 422 Å². The van der Waals surface area contributed by atoms with E-state index in [2.05, 4.69) is 41.5 Å². The minimum atomic E-state index is -3.67. The quantitative estimate of drug-likeness (QED) is 0.0742. The van der Waals surface area contributed by atoms with Gasteiger partial charge in [0.2, 0.25) is 23.8 Å². The number of likely N-dealkylation sites (N-methyl/N-ethyl adjacent to an activating group) is 2. The van der Waals surface area contributed by atoms with Gasteiger partial charge >= 0.3 is 35.8 Å². The van der Waals surface area contributed by atoms with Gasteiger partial charge in [0.05, 0.1) is 59.2 Å². The third-order valence-electron chi connectivity index (χ3n) is 19.5. The number of fused-ring (bicyclic) bond motifs is 2. The number of esters is 6. The van der Waals surface area contributed by atoms with Crippen molar-refractivity contribution in [1.82, 2.24) is 9.80 Å². The van der Waals surface area contributed by atoms with Crippen molar-refractivity contribution in [2.75, 3.05) is 67.0 Å². The first-order valence-corrected chi connectivity index (χ1v) is 30.9. The average molecular weight is 1230 g/mol. The maximum Gasteiger partial charge on any atom is 0.343 e. The number of aliphatic hydroxyl groups excluding tert-OH is 2. The van der Waals surface area contributed by atoms with Gasteiger partial charge in [-0.05, 0) is 90.4 Å². The molecular weight excluding hydrogens is 1150 g/mol. The van der Waals surface area contributed by atoms with E-state index in [1.807, 2.05) is 38.0 Å². The highest BCUT2D eigenvalue weighted by atomic mass is 32.2. The lowest BCUT2D eigenvalue weighted by Gasteiger charge is -2.46. The van der Waals surface area contributed by atoms with Crippen LogP contribution < -0.4 is 0 Å². The van der Waals surface area contributed by atoms with E-state index in [1.54, 1.807) is 0 Å². The summed E-state index contributed by atoms with van der Waals surface area (Å²) in [6.07, 6.45) is -9.27. The van der Waals surface area contributed by atoms with Crippen LogP contribution in [-0.4, -0.2) is 248 Å². The molecule has 4 aliphatic carbocycles. The number of carbonyl (C=O) groups excluding carboxylic acids is 6. The highest BCUT2D eigenvalue weighted by molar-refractivity contribution is 7.85. The van der Waals surface area contributed by atoms with E-state index in [4.69, 9.17) is 56.5 Å². The minimum absolute atomic E-state index is 0. The Kier molecular flexibility index (Phi) is 15.8. The standard InChI is InChI=1S/2C25H35NO10.2CH4O3S.H2O/c2*1-11-17(28)34-15-14(27)23-13-9-12(10-21(2,3)4)22(23)16(32-8-7-26(5)6)18(29)35-20(22)36-25(23,19(30)33-13)24(11,15)31;2*1-5(2,3)4;/h2*11-16,20,27,31H,7-10H2,1-6H3;2*1H3,(H,2,3,4);1H2/t2*11-,12+,13?,14+,15?,16-,20?,22?,23+,24-,25?;;;/m00.../s1. The fraction of sp³-hybridized carbons (Fsp3) is 0.885. The molecule has 12 rings (SSSR count). The van der Waals surface area contributed by atoms with Crippen molar-refractivity contribution in [2.45, 2.75) is 165 Å². The van der Waals surface area contributed by atoms with Gasteiger partial charge in [0.15, 0.2) is 35.6 Å². The molecule has 0 aromatic carbocycles. The molecule has 8 N–H and O–H groups in total. The lowest BCUT2D eigenvalue weighted by atomic mass is 9.52. The van der Waals surface area contributed by atoms with E-state index >= 15 is 0 Å². The number of nitrogens with zero attached hydrogens (tertiary/aromatic N) is 2. The normalized spacial score (nSPS) is 46.7. The zero-order valence-corrected chi connectivity index (χ0v) is 50.4. The zero-order chi connectivity index (χ0) is 61.4. The second-order valence-corrected chi connectivity index (χ2v) is 30.1. The first-order chi connectivity index (χ1) is 37.4. The van der Waals surface area contributed by atoms with Crippen molar-refractivity contribution in [1.29, 1.82) is 0 Å². The average Bonchev–Trinajstić information content (AvgIpc) is 1.46. The van der Waals surface area contributed by atoms with Crippen LogP contribution in [0.3, 0.4) is 0 Å². The highest BCUT2D eigenvalue weighted by Gasteiger charge is 3.05. The summed E-state index contributed by atoms with van der Waals surface area (Å²) >= 11 is 0. The molecule has 472 valence electrons. The molecule has 12 fully saturated rings. The molecule has 8 heterocycles. The van der Waals surface area contributed by atoms with Gasteiger partial charge in [-0.3, -0.25) is 18.7 Å². The van der Waals surface area contributed by atoms with Crippen molar-refractivity contribution in [2.24, 2.45) is 56.2 Å². The Bertz CT molecular complexity index is 2710. The summed E-state index contributed by atoms with van der Waals surface area (Å²) in [6, 6.07) is 0. The summed E-state index contributed by atoms with van der Waals surface area (Å²) < 4.78 is 111. The van der Waals surface area contributed by atoms with E-state index in [0.29, 0.717) is 51.3 Å². The van der Waals surface area contributed by atoms with Crippen LogP contribution in [0.5, 0.6) is 0 Å². The molecule has 0 amide bonds.